The highest BCUT2D eigenvalue weighted by molar-refractivity contribution is 7.98. The number of para-hydroxylation sites is 3. The molecule has 0 N–H and O–H groups in total. The number of nitrogens with zero attached hydrogens (tertiary/aromatic N) is 9. The minimum Gasteiger partial charge on any atom is -0.371 e. The number of amides is 2. The van der Waals surface area contributed by atoms with Crippen LogP contribution in [0.5, 0.6) is 0 Å². The standard InChI is InChI=1S/C27H32N4OS.C25H29N5OS.C2H6/c1-20-18-26(28-24-9-5-4-8-22(20)24)30-14-16-31(17-15-30)27(32)23-19-21(33-2)10-11-25(23)29-12-6-3-7-13-29;1-32-19-9-10-23(28-11-5-2-6-12-28)20(17-19)25(31)30-15-13-29(14-16-30)24-18-26-21-7-3-4-8-22(21)27-24;1-2/h4-5,8-11,18-19H,3,6-7,12-17H2,1-2H3;3-4,7-10,17-18H,2,5-6,11-16H2,1H3;1-2H3. The minimum atomic E-state index is 0.144. The van der Waals surface area contributed by atoms with E-state index in [4.69, 9.17) is 9.97 Å². The summed E-state index contributed by atoms with van der Waals surface area (Å²) in [6, 6.07) is 31.2. The molecule has 2 aromatic heterocycles. The van der Waals surface area contributed by atoms with Crippen LogP contribution in [0.1, 0.15) is 78.7 Å². The number of fused-ring (bicyclic) bond motifs is 2. The van der Waals surface area contributed by atoms with E-state index in [1.165, 1.54) is 49.5 Å². The Morgan fingerprint density at radius 3 is 1.43 bits per heavy atom. The van der Waals surface area contributed by atoms with Crippen LogP contribution in [0.25, 0.3) is 21.9 Å². The van der Waals surface area contributed by atoms with Gasteiger partial charge < -0.3 is 29.4 Å². The Bertz CT molecular complexity index is 2620. The molecule has 4 aliphatic rings. The Hall–Kier alpha value is -5.53. The van der Waals surface area contributed by atoms with Crippen molar-refractivity contribution in [2.45, 2.75) is 69.1 Å². The van der Waals surface area contributed by atoms with Gasteiger partial charge in [-0.25, -0.2) is 9.97 Å². The molecule has 4 aliphatic heterocycles. The monoisotopic (exact) mass is 937 g/mol. The second-order valence-corrected chi connectivity index (χ2v) is 19.2. The van der Waals surface area contributed by atoms with Gasteiger partial charge >= 0.3 is 0 Å². The Kier molecular flexibility index (Phi) is 16.4. The van der Waals surface area contributed by atoms with Crippen LogP contribution in [-0.4, -0.2) is 128 Å². The number of carbonyl (C=O) groups is 2. The normalized spacial score (nSPS) is 16.6. The molecule has 0 spiro atoms. The summed E-state index contributed by atoms with van der Waals surface area (Å²) >= 11 is 3.38. The van der Waals surface area contributed by atoms with Gasteiger partial charge in [0.2, 0.25) is 0 Å². The molecule has 6 heterocycles. The van der Waals surface area contributed by atoms with E-state index in [2.05, 4.69) is 105 Å². The molecule has 0 atom stereocenters. The number of aryl methyl sites for hydroxylation is 1. The highest BCUT2D eigenvalue weighted by Crippen LogP contribution is 2.32. The molecule has 0 unspecified atom stereocenters. The molecule has 6 aromatic rings. The van der Waals surface area contributed by atoms with Crippen molar-refractivity contribution in [2.75, 3.05) is 111 Å². The molecule has 2 amide bonds. The molecule has 0 bridgehead atoms. The van der Waals surface area contributed by atoms with Gasteiger partial charge in [-0.05, 0) is 124 Å². The Morgan fingerprint density at radius 2 is 0.925 bits per heavy atom. The maximum absolute atomic E-state index is 13.7. The third kappa shape index (κ3) is 11.3. The molecule has 0 radical (unpaired) electrons. The lowest BCUT2D eigenvalue weighted by Gasteiger charge is -2.37. The number of pyridine rings is 1. The smallest absolute Gasteiger partial charge is 0.256 e. The molecule has 4 fully saturated rings. The summed E-state index contributed by atoms with van der Waals surface area (Å²) in [4.78, 5) is 57.1. The van der Waals surface area contributed by atoms with Crippen molar-refractivity contribution in [1.82, 2.24) is 24.8 Å². The van der Waals surface area contributed by atoms with Crippen LogP contribution >= 0.6 is 23.5 Å². The van der Waals surface area contributed by atoms with E-state index in [9.17, 15) is 9.59 Å². The number of anilines is 4. The maximum atomic E-state index is 13.7. The van der Waals surface area contributed by atoms with Crippen molar-refractivity contribution in [3.63, 3.8) is 0 Å². The molecule has 352 valence electrons. The van der Waals surface area contributed by atoms with Crippen molar-refractivity contribution in [3.8, 4) is 0 Å². The number of piperazine rings is 2. The summed E-state index contributed by atoms with van der Waals surface area (Å²) in [7, 11) is 0. The van der Waals surface area contributed by atoms with E-state index in [1.54, 1.807) is 23.5 Å². The molecular formula is C54H67N9O2S2. The van der Waals surface area contributed by atoms with Gasteiger partial charge in [-0.3, -0.25) is 14.6 Å². The fourth-order valence-electron chi connectivity index (χ4n) is 9.66. The van der Waals surface area contributed by atoms with Crippen molar-refractivity contribution in [3.05, 3.63) is 114 Å². The van der Waals surface area contributed by atoms with Crippen molar-refractivity contribution in [2.24, 2.45) is 0 Å². The third-order valence-electron chi connectivity index (χ3n) is 13.4. The first-order chi connectivity index (χ1) is 32.9. The highest BCUT2D eigenvalue weighted by atomic mass is 32.2. The van der Waals surface area contributed by atoms with Crippen LogP contribution in [0.15, 0.2) is 107 Å². The molecule has 0 saturated carbocycles. The Morgan fingerprint density at radius 1 is 0.478 bits per heavy atom. The molecule has 13 heteroatoms. The van der Waals surface area contributed by atoms with Gasteiger partial charge in [0.05, 0.1) is 33.9 Å². The number of benzene rings is 4. The number of hydrogen-bond donors (Lipinski definition) is 0. The van der Waals surface area contributed by atoms with Crippen LogP contribution in [0.2, 0.25) is 0 Å². The van der Waals surface area contributed by atoms with Crippen LogP contribution in [-0.2, 0) is 0 Å². The van der Waals surface area contributed by atoms with Crippen LogP contribution in [0, 0.1) is 6.92 Å². The summed E-state index contributed by atoms with van der Waals surface area (Å²) in [6.45, 7) is 16.3. The number of carbonyl (C=O) groups excluding carboxylic acids is 2. The zero-order valence-corrected chi connectivity index (χ0v) is 41.8. The van der Waals surface area contributed by atoms with E-state index in [0.717, 1.165) is 126 Å². The second kappa shape index (κ2) is 23.0. The summed E-state index contributed by atoms with van der Waals surface area (Å²) < 4.78 is 0. The van der Waals surface area contributed by atoms with Gasteiger partial charge in [0.15, 0.2) is 0 Å². The predicted octanol–water partition coefficient (Wildman–Crippen LogP) is 10.5. The summed E-state index contributed by atoms with van der Waals surface area (Å²) in [5.41, 5.74) is 7.99. The summed E-state index contributed by atoms with van der Waals surface area (Å²) in [5.74, 6) is 2.20. The van der Waals surface area contributed by atoms with Crippen LogP contribution < -0.4 is 19.6 Å². The quantitative estimate of drug-likeness (QED) is 0.137. The number of thioether (sulfide) groups is 2. The molecule has 10 rings (SSSR count). The highest BCUT2D eigenvalue weighted by Gasteiger charge is 2.29. The fraction of sp³-hybridized carbons (Fsp3) is 0.426. The first-order valence-corrected chi connectivity index (χ1v) is 26.8. The predicted molar refractivity (Wildman–Crippen MR) is 282 cm³/mol. The molecule has 0 aliphatic carbocycles. The van der Waals surface area contributed by atoms with E-state index in [1.807, 2.05) is 60.2 Å². The molecule has 67 heavy (non-hydrogen) atoms. The van der Waals surface area contributed by atoms with Gasteiger partial charge in [0.1, 0.15) is 11.6 Å². The van der Waals surface area contributed by atoms with Gasteiger partial charge in [-0.1, -0.05) is 44.2 Å². The van der Waals surface area contributed by atoms with E-state index in [0.29, 0.717) is 13.1 Å². The van der Waals surface area contributed by atoms with E-state index < -0.39 is 0 Å². The molecule has 4 saturated heterocycles. The zero-order valence-electron chi connectivity index (χ0n) is 40.1. The number of hydrogen-bond acceptors (Lipinski definition) is 11. The first-order valence-electron chi connectivity index (χ1n) is 24.4. The van der Waals surface area contributed by atoms with E-state index in [-0.39, 0.29) is 11.8 Å². The lowest BCUT2D eigenvalue weighted by atomic mass is 10.1. The molecular weight excluding hydrogens is 871 g/mol. The Labute approximate surface area is 406 Å². The lowest BCUT2D eigenvalue weighted by Crippen LogP contribution is -2.49. The topological polar surface area (TPSA) is 92.3 Å². The second-order valence-electron chi connectivity index (χ2n) is 17.5. The summed E-state index contributed by atoms with van der Waals surface area (Å²) in [6.07, 6.45) is 13.3. The van der Waals surface area contributed by atoms with E-state index >= 15 is 0 Å². The average Bonchev–Trinajstić information content (AvgIpc) is 3.41. The van der Waals surface area contributed by atoms with Crippen LogP contribution in [0.4, 0.5) is 23.0 Å². The van der Waals surface area contributed by atoms with Crippen LogP contribution in [0.3, 0.4) is 0 Å². The van der Waals surface area contributed by atoms with Crippen molar-refractivity contribution >= 4 is 80.3 Å². The minimum absolute atomic E-state index is 0.144. The maximum Gasteiger partial charge on any atom is 0.256 e. The largest absolute Gasteiger partial charge is 0.371 e. The van der Waals surface area contributed by atoms with Gasteiger partial charge in [-0.2, -0.15) is 0 Å². The number of aromatic nitrogens is 3. The molecule has 11 nitrogen and oxygen atoms in total. The third-order valence-corrected chi connectivity index (χ3v) is 14.8. The SMILES string of the molecule is CC.CSc1ccc(N2CCCCC2)c(C(=O)N2CCN(c3cc(C)c4ccccc4n3)CC2)c1.CSc1ccc(N2CCCCC2)c(C(=O)N2CCN(c3cnc4ccccc4n3)CC2)c1. The lowest BCUT2D eigenvalue weighted by molar-refractivity contribution is 0.0739. The number of rotatable bonds is 8. The van der Waals surface area contributed by atoms with Gasteiger partial charge in [0, 0.05) is 105 Å². The number of piperidine rings is 2. The Balaban J connectivity index is 0.000000175. The van der Waals surface area contributed by atoms with Gasteiger partial charge in [-0.15, -0.1) is 23.5 Å². The average molecular weight is 938 g/mol. The van der Waals surface area contributed by atoms with Crippen molar-refractivity contribution < 1.29 is 9.59 Å². The van der Waals surface area contributed by atoms with Crippen molar-refractivity contribution in [1.29, 1.82) is 0 Å². The molecule has 4 aromatic carbocycles. The zero-order chi connectivity index (χ0) is 46.7. The fourth-order valence-corrected chi connectivity index (χ4v) is 10.5. The summed E-state index contributed by atoms with van der Waals surface area (Å²) in [5, 5.41) is 1.20. The van der Waals surface area contributed by atoms with Gasteiger partial charge in [0.25, 0.3) is 11.8 Å². The first kappa shape index (κ1) is 47.9.